The van der Waals surface area contributed by atoms with Gasteiger partial charge in [0.25, 0.3) is 5.91 Å². The van der Waals surface area contributed by atoms with Crippen LogP contribution in [0.5, 0.6) is 0 Å². The topological polar surface area (TPSA) is 75.9 Å². The summed E-state index contributed by atoms with van der Waals surface area (Å²) in [5, 5.41) is 7.74. The molecule has 1 aromatic carbocycles. The summed E-state index contributed by atoms with van der Waals surface area (Å²) < 4.78 is 2.04. The molecule has 1 aliphatic carbocycles. The van der Waals surface area contributed by atoms with Crippen LogP contribution in [-0.2, 0) is 0 Å². The van der Waals surface area contributed by atoms with Gasteiger partial charge in [-0.2, -0.15) is 5.10 Å². The Kier molecular flexibility index (Phi) is 5.55. The van der Waals surface area contributed by atoms with Gasteiger partial charge in [0.1, 0.15) is 6.33 Å². The molecule has 0 radical (unpaired) electrons. The van der Waals surface area contributed by atoms with E-state index in [0.717, 1.165) is 42.6 Å². The van der Waals surface area contributed by atoms with Crippen LogP contribution in [0.25, 0.3) is 11.3 Å². The maximum absolute atomic E-state index is 12.6. The molecule has 2 heterocycles. The fourth-order valence-electron chi connectivity index (χ4n) is 3.81. The van der Waals surface area contributed by atoms with Crippen LogP contribution in [0.1, 0.15) is 42.1 Å². The van der Waals surface area contributed by atoms with E-state index in [4.69, 9.17) is 0 Å². The molecule has 7 nitrogen and oxygen atoms in total. The Labute approximate surface area is 170 Å². The van der Waals surface area contributed by atoms with Gasteiger partial charge in [-0.05, 0) is 49.9 Å². The number of nitrogens with one attached hydrogen (secondary N) is 1. The van der Waals surface area contributed by atoms with E-state index in [2.05, 4.69) is 26.6 Å². The number of hydrogen-bond acceptors (Lipinski definition) is 5. The first-order valence-electron chi connectivity index (χ1n) is 9.99. The van der Waals surface area contributed by atoms with Gasteiger partial charge < -0.3 is 10.2 Å². The number of anilines is 1. The van der Waals surface area contributed by atoms with Crippen LogP contribution in [0.2, 0.25) is 0 Å². The highest BCUT2D eigenvalue weighted by Gasteiger charge is 2.24. The predicted octanol–water partition coefficient (Wildman–Crippen LogP) is 3.32. The van der Waals surface area contributed by atoms with Gasteiger partial charge in [-0.25, -0.2) is 9.97 Å². The molecule has 2 aromatic heterocycles. The van der Waals surface area contributed by atoms with Crippen LogP contribution in [0.15, 0.2) is 55.2 Å². The SMILES string of the molecule is CN(C)c1cccc(C(=O)NC2CCC(n3cc(-c4ccncn4)cn3)CC2)c1. The van der Waals surface area contributed by atoms with Crippen molar-refractivity contribution in [2.24, 2.45) is 0 Å². The van der Waals surface area contributed by atoms with Gasteiger partial charge in [-0.1, -0.05) is 6.07 Å². The largest absolute Gasteiger partial charge is 0.378 e. The number of hydrogen-bond donors (Lipinski definition) is 1. The van der Waals surface area contributed by atoms with Crippen molar-refractivity contribution >= 4 is 11.6 Å². The Hall–Kier alpha value is -3.22. The van der Waals surface area contributed by atoms with Gasteiger partial charge in [0.2, 0.25) is 0 Å². The Morgan fingerprint density at radius 1 is 1.17 bits per heavy atom. The zero-order valence-electron chi connectivity index (χ0n) is 16.8. The molecule has 1 saturated carbocycles. The third-order valence-corrected chi connectivity index (χ3v) is 5.51. The molecule has 7 heteroatoms. The summed E-state index contributed by atoms with van der Waals surface area (Å²) in [6.45, 7) is 0. The lowest BCUT2D eigenvalue weighted by Crippen LogP contribution is -2.38. The maximum atomic E-state index is 12.6. The van der Waals surface area contributed by atoms with Crippen molar-refractivity contribution in [3.05, 3.63) is 60.8 Å². The fraction of sp³-hybridized carbons (Fsp3) is 0.364. The minimum absolute atomic E-state index is 0.00212. The summed E-state index contributed by atoms with van der Waals surface area (Å²) in [6.07, 6.45) is 11.1. The standard InChI is InChI=1S/C22H26N6O/c1-27(2)20-5-3-4-16(12-20)22(29)26-18-6-8-19(9-7-18)28-14-17(13-25-28)21-10-11-23-15-24-21/h3-5,10-15,18-19H,6-9H2,1-2H3,(H,26,29). The highest BCUT2D eigenvalue weighted by atomic mass is 16.1. The van der Waals surface area contributed by atoms with Gasteiger partial charge in [-0.3, -0.25) is 9.48 Å². The Morgan fingerprint density at radius 2 is 2.00 bits per heavy atom. The van der Waals surface area contributed by atoms with Crippen molar-refractivity contribution in [2.75, 3.05) is 19.0 Å². The number of nitrogens with zero attached hydrogens (tertiary/aromatic N) is 5. The second-order valence-corrected chi connectivity index (χ2v) is 7.73. The van der Waals surface area contributed by atoms with E-state index in [9.17, 15) is 4.79 Å². The molecule has 0 atom stereocenters. The first-order chi connectivity index (χ1) is 14.1. The van der Waals surface area contributed by atoms with Gasteiger partial charge in [-0.15, -0.1) is 0 Å². The van der Waals surface area contributed by atoms with E-state index in [0.29, 0.717) is 11.6 Å². The van der Waals surface area contributed by atoms with Gasteiger partial charge >= 0.3 is 0 Å². The molecule has 29 heavy (non-hydrogen) atoms. The molecule has 0 spiro atoms. The maximum Gasteiger partial charge on any atom is 0.251 e. The molecule has 0 bridgehead atoms. The van der Waals surface area contributed by atoms with E-state index in [1.54, 1.807) is 12.5 Å². The fourth-order valence-corrected chi connectivity index (χ4v) is 3.81. The van der Waals surface area contributed by atoms with Crippen molar-refractivity contribution in [3.63, 3.8) is 0 Å². The first-order valence-corrected chi connectivity index (χ1v) is 9.99. The first kappa shape index (κ1) is 19.1. The van der Waals surface area contributed by atoms with E-state index >= 15 is 0 Å². The van der Waals surface area contributed by atoms with E-state index in [1.807, 2.05) is 60.2 Å². The van der Waals surface area contributed by atoms with E-state index in [-0.39, 0.29) is 11.9 Å². The van der Waals surface area contributed by atoms with Crippen molar-refractivity contribution in [2.45, 2.75) is 37.8 Å². The highest BCUT2D eigenvalue weighted by molar-refractivity contribution is 5.95. The molecule has 1 amide bonds. The summed E-state index contributed by atoms with van der Waals surface area (Å²) in [4.78, 5) is 22.9. The Bertz CT molecular complexity index is 960. The number of amides is 1. The minimum Gasteiger partial charge on any atom is -0.378 e. The third-order valence-electron chi connectivity index (χ3n) is 5.51. The van der Waals surface area contributed by atoms with Gasteiger partial charge in [0.15, 0.2) is 0 Å². The number of benzene rings is 1. The number of rotatable bonds is 5. The summed E-state index contributed by atoms with van der Waals surface area (Å²) in [7, 11) is 3.95. The molecule has 1 aliphatic rings. The number of aromatic nitrogens is 4. The van der Waals surface area contributed by atoms with Gasteiger partial charge in [0, 0.05) is 49.3 Å². The molecule has 4 rings (SSSR count). The second kappa shape index (κ2) is 8.43. The summed E-state index contributed by atoms with van der Waals surface area (Å²) >= 11 is 0. The van der Waals surface area contributed by atoms with Crippen molar-refractivity contribution in [3.8, 4) is 11.3 Å². The van der Waals surface area contributed by atoms with Gasteiger partial charge in [0.05, 0.1) is 17.9 Å². The minimum atomic E-state index is 0.00212. The summed E-state index contributed by atoms with van der Waals surface area (Å²) in [5.74, 6) is 0.00212. The van der Waals surface area contributed by atoms with Crippen LogP contribution in [0.4, 0.5) is 5.69 Å². The van der Waals surface area contributed by atoms with Crippen LogP contribution in [-0.4, -0.2) is 45.8 Å². The molecular weight excluding hydrogens is 364 g/mol. The van der Waals surface area contributed by atoms with Crippen molar-refractivity contribution < 1.29 is 4.79 Å². The quantitative estimate of drug-likeness (QED) is 0.723. The zero-order valence-corrected chi connectivity index (χ0v) is 16.8. The molecule has 0 aliphatic heterocycles. The lowest BCUT2D eigenvalue weighted by Gasteiger charge is -2.29. The molecule has 0 unspecified atom stereocenters. The van der Waals surface area contributed by atoms with Crippen LogP contribution < -0.4 is 10.2 Å². The van der Waals surface area contributed by atoms with Crippen molar-refractivity contribution in [1.29, 1.82) is 0 Å². The van der Waals surface area contributed by atoms with Crippen molar-refractivity contribution in [1.82, 2.24) is 25.1 Å². The predicted molar refractivity (Wildman–Crippen MR) is 113 cm³/mol. The number of carbonyl (C=O) groups excluding carboxylic acids is 1. The van der Waals surface area contributed by atoms with E-state index < -0.39 is 0 Å². The van der Waals surface area contributed by atoms with Crippen LogP contribution in [0, 0.1) is 0 Å². The van der Waals surface area contributed by atoms with Crippen LogP contribution in [0.3, 0.4) is 0 Å². The third kappa shape index (κ3) is 4.45. The monoisotopic (exact) mass is 390 g/mol. The summed E-state index contributed by atoms with van der Waals surface area (Å²) in [6, 6.07) is 10.2. The van der Waals surface area contributed by atoms with E-state index in [1.165, 1.54) is 0 Å². The normalized spacial score (nSPS) is 19.0. The molecule has 150 valence electrons. The Morgan fingerprint density at radius 3 is 2.72 bits per heavy atom. The molecule has 3 aromatic rings. The number of carbonyl (C=O) groups is 1. The molecular formula is C22H26N6O. The molecule has 0 saturated heterocycles. The zero-order chi connectivity index (χ0) is 20.2. The van der Waals surface area contributed by atoms with Crippen LogP contribution >= 0.6 is 0 Å². The summed E-state index contributed by atoms with van der Waals surface area (Å²) in [5.41, 5.74) is 3.62. The lowest BCUT2D eigenvalue weighted by atomic mass is 9.91. The Balaban J connectivity index is 1.33. The molecule has 1 fully saturated rings. The smallest absolute Gasteiger partial charge is 0.251 e. The molecule has 1 N–H and O–H groups in total. The lowest BCUT2D eigenvalue weighted by molar-refractivity contribution is 0.0922. The average molecular weight is 390 g/mol. The highest BCUT2D eigenvalue weighted by Crippen LogP contribution is 2.29. The average Bonchev–Trinajstić information content (AvgIpc) is 3.25. The second-order valence-electron chi connectivity index (χ2n) is 7.73.